The molecule has 0 aliphatic rings. The molecule has 0 aromatic carbocycles. The molecule has 0 saturated heterocycles. The van der Waals surface area contributed by atoms with Crippen molar-refractivity contribution in [1.82, 2.24) is 10.6 Å². The fraction of sp³-hybridized carbons (Fsp3) is 0.750. The third-order valence-corrected chi connectivity index (χ3v) is 2.42. The van der Waals surface area contributed by atoms with E-state index in [9.17, 15) is 14.4 Å². The second-order valence-electron chi connectivity index (χ2n) is 4.69. The van der Waals surface area contributed by atoms with Crippen LogP contribution in [0.25, 0.3) is 0 Å². The van der Waals surface area contributed by atoms with Gasteiger partial charge in [-0.2, -0.15) is 0 Å². The fourth-order valence-electron chi connectivity index (χ4n) is 1.56. The van der Waals surface area contributed by atoms with E-state index < -0.39 is 24.0 Å². The van der Waals surface area contributed by atoms with Crippen LogP contribution < -0.4 is 10.6 Å². The average Bonchev–Trinajstić information content (AvgIpc) is 2.22. The van der Waals surface area contributed by atoms with Crippen LogP contribution in [0.1, 0.15) is 40.5 Å². The second-order valence-corrected chi connectivity index (χ2v) is 4.69. The largest absolute Gasteiger partial charge is 0.480 e. The summed E-state index contributed by atoms with van der Waals surface area (Å²) in [5, 5.41) is 13.8. The van der Waals surface area contributed by atoms with Gasteiger partial charge in [-0.25, -0.2) is 4.79 Å². The van der Waals surface area contributed by atoms with Crippen molar-refractivity contribution in [3.8, 4) is 0 Å². The maximum atomic E-state index is 11.9. The summed E-state index contributed by atoms with van der Waals surface area (Å²) in [7, 11) is 0. The number of carbonyl (C=O) groups excluding carboxylic acids is 2. The molecule has 6 nitrogen and oxygen atoms in total. The molecule has 6 heteroatoms. The molecule has 2 atom stereocenters. The number of carboxylic acids is 1. The Labute approximate surface area is 107 Å². The number of amides is 2. The summed E-state index contributed by atoms with van der Waals surface area (Å²) in [5.41, 5.74) is 0. The van der Waals surface area contributed by atoms with Crippen molar-refractivity contribution in [3.63, 3.8) is 0 Å². The van der Waals surface area contributed by atoms with Crippen LogP contribution >= 0.6 is 0 Å². The Morgan fingerprint density at radius 2 is 1.67 bits per heavy atom. The summed E-state index contributed by atoms with van der Waals surface area (Å²) in [4.78, 5) is 33.8. The zero-order chi connectivity index (χ0) is 14.3. The first kappa shape index (κ1) is 16.4. The summed E-state index contributed by atoms with van der Waals surface area (Å²) < 4.78 is 0. The highest BCUT2D eigenvalue weighted by Crippen LogP contribution is 2.06. The van der Waals surface area contributed by atoms with Gasteiger partial charge in [-0.15, -0.1) is 0 Å². The summed E-state index contributed by atoms with van der Waals surface area (Å²) in [6.45, 7) is 6.86. The van der Waals surface area contributed by atoms with Crippen LogP contribution in [0.15, 0.2) is 0 Å². The lowest BCUT2D eigenvalue weighted by molar-refractivity contribution is -0.142. The highest BCUT2D eigenvalue weighted by atomic mass is 16.4. The Hall–Kier alpha value is -1.59. The van der Waals surface area contributed by atoms with Crippen LogP contribution in [0.4, 0.5) is 0 Å². The van der Waals surface area contributed by atoms with Gasteiger partial charge >= 0.3 is 5.97 Å². The van der Waals surface area contributed by atoms with Gasteiger partial charge in [-0.05, 0) is 18.8 Å². The molecule has 104 valence electrons. The van der Waals surface area contributed by atoms with Crippen molar-refractivity contribution in [2.75, 3.05) is 0 Å². The highest BCUT2D eigenvalue weighted by Gasteiger charge is 2.25. The third-order valence-electron chi connectivity index (χ3n) is 2.42. The molecule has 3 N–H and O–H groups in total. The van der Waals surface area contributed by atoms with Gasteiger partial charge in [-0.1, -0.05) is 20.8 Å². The zero-order valence-electron chi connectivity index (χ0n) is 11.3. The van der Waals surface area contributed by atoms with Gasteiger partial charge in [0.1, 0.15) is 12.1 Å². The van der Waals surface area contributed by atoms with Gasteiger partial charge in [-0.3, -0.25) is 9.59 Å². The number of hydrogen-bond acceptors (Lipinski definition) is 3. The molecule has 0 spiro atoms. The van der Waals surface area contributed by atoms with Crippen LogP contribution in [-0.2, 0) is 14.4 Å². The molecule has 2 amide bonds. The van der Waals surface area contributed by atoms with Crippen molar-refractivity contribution >= 4 is 17.8 Å². The van der Waals surface area contributed by atoms with Gasteiger partial charge in [0.2, 0.25) is 11.8 Å². The molecule has 0 radical (unpaired) electrons. The van der Waals surface area contributed by atoms with E-state index in [1.165, 1.54) is 6.92 Å². The molecule has 0 aliphatic carbocycles. The van der Waals surface area contributed by atoms with Crippen molar-refractivity contribution in [2.45, 2.75) is 52.6 Å². The summed E-state index contributed by atoms with van der Waals surface area (Å²) in [6, 6.07) is -1.60. The number of rotatable bonds is 7. The Kier molecular flexibility index (Phi) is 7.00. The first-order valence-electron chi connectivity index (χ1n) is 6.08. The van der Waals surface area contributed by atoms with Crippen LogP contribution in [0, 0.1) is 5.92 Å². The molecule has 0 saturated carbocycles. The lowest BCUT2D eigenvalue weighted by Crippen LogP contribution is -2.51. The molecule has 0 rings (SSSR count). The SMILES string of the molecule is CC[C@@H](NC(=O)[C@H](CC(C)C)NC(C)=O)C(=O)O. The summed E-state index contributed by atoms with van der Waals surface area (Å²) in [5.74, 6) is -1.61. The standard InChI is InChI=1S/C12H22N2O4/c1-5-9(12(17)18)14-11(16)10(6-7(2)3)13-8(4)15/h7,9-10H,5-6H2,1-4H3,(H,13,15)(H,14,16)(H,17,18)/t9-,10+/m1/s1. The minimum Gasteiger partial charge on any atom is -0.480 e. The molecule has 0 bridgehead atoms. The maximum Gasteiger partial charge on any atom is 0.326 e. The van der Waals surface area contributed by atoms with Crippen LogP contribution in [0.3, 0.4) is 0 Å². The van der Waals surface area contributed by atoms with Crippen molar-refractivity contribution < 1.29 is 19.5 Å². The van der Waals surface area contributed by atoms with Gasteiger partial charge in [0.15, 0.2) is 0 Å². The quantitative estimate of drug-likeness (QED) is 0.620. The average molecular weight is 258 g/mol. The molecular formula is C12H22N2O4. The van der Waals surface area contributed by atoms with E-state index in [0.29, 0.717) is 12.8 Å². The number of aliphatic carboxylic acids is 1. The smallest absolute Gasteiger partial charge is 0.326 e. The van der Waals surface area contributed by atoms with Gasteiger partial charge in [0, 0.05) is 6.92 Å². The number of carboxylic acid groups (broad SMARTS) is 1. The minimum absolute atomic E-state index is 0.220. The summed E-state index contributed by atoms with van der Waals surface area (Å²) in [6.07, 6.45) is 0.775. The maximum absolute atomic E-state index is 11.9. The Morgan fingerprint density at radius 1 is 1.11 bits per heavy atom. The van der Waals surface area contributed by atoms with Crippen molar-refractivity contribution in [2.24, 2.45) is 5.92 Å². The van der Waals surface area contributed by atoms with Crippen LogP contribution in [0.5, 0.6) is 0 Å². The predicted octanol–water partition coefficient (Wildman–Crippen LogP) is 0.517. The number of hydrogen-bond donors (Lipinski definition) is 3. The summed E-state index contributed by atoms with van der Waals surface area (Å²) >= 11 is 0. The van der Waals surface area contributed by atoms with E-state index >= 15 is 0 Å². The lowest BCUT2D eigenvalue weighted by Gasteiger charge is -2.21. The molecule has 0 aromatic heterocycles. The lowest BCUT2D eigenvalue weighted by atomic mass is 10.0. The van der Waals surface area contributed by atoms with Gasteiger partial charge in [0.25, 0.3) is 0 Å². The number of nitrogens with one attached hydrogen (secondary N) is 2. The van der Waals surface area contributed by atoms with E-state index in [4.69, 9.17) is 5.11 Å². The van der Waals surface area contributed by atoms with E-state index in [1.807, 2.05) is 13.8 Å². The molecule has 0 aromatic rings. The van der Waals surface area contributed by atoms with Gasteiger partial charge < -0.3 is 15.7 Å². The third kappa shape index (κ3) is 6.22. The predicted molar refractivity (Wildman–Crippen MR) is 66.9 cm³/mol. The zero-order valence-corrected chi connectivity index (χ0v) is 11.3. The molecule has 0 fully saturated rings. The van der Waals surface area contributed by atoms with Gasteiger partial charge in [0.05, 0.1) is 0 Å². The second kappa shape index (κ2) is 7.68. The highest BCUT2D eigenvalue weighted by molar-refractivity contribution is 5.89. The van der Waals surface area contributed by atoms with E-state index in [-0.39, 0.29) is 11.8 Å². The van der Waals surface area contributed by atoms with Crippen molar-refractivity contribution in [3.05, 3.63) is 0 Å². The fourth-order valence-corrected chi connectivity index (χ4v) is 1.56. The van der Waals surface area contributed by atoms with E-state index in [2.05, 4.69) is 10.6 Å². The molecule has 18 heavy (non-hydrogen) atoms. The van der Waals surface area contributed by atoms with Crippen molar-refractivity contribution in [1.29, 1.82) is 0 Å². The van der Waals surface area contributed by atoms with Crippen LogP contribution in [0.2, 0.25) is 0 Å². The molecule has 0 aliphatic heterocycles. The van der Waals surface area contributed by atoms with E-state index in [0.717, 1.165) is 0 Å². The number of carbonyl (C=O) groups is 3. The Bertz CT molecular complexity index is 315. The molecule has 0 heterocycles. The first-order chi connectivity index (χ1) is 8.27. The topological polar surface area (TPSA) is 95.5 Å². The van der Waals surface area contributed by atoms with E-state index in [1.54, 1.807) is 6.92 Å². The normalized spacial score (nSPS) is 13.8. The Morgan fingerprint density at radius 3 is 2.00 bits per heavy atom. The molecule has 0 unspecified atom stereocenters. The minimum atomic E-state index is -1.07. The Balaban J connectivity index is 4.63. The monoisotopic (exact) mass is 258 g/mol. The molecular weight excluding hydrogens is 236 g/mol. The first-order valence-corrected chi connectivity index (χ1v) is 6.08. The van der Waals surface area contributed by atoms with Crippen LogP contribution in [-0.4, -0.2) is 35.0 Å².